The average Bonchev–Trinajstić information content (AvgIpc) is 2.81. The highest BCUT2D eigenvalue weighted by Gasteiger charge is 2.36. The number of Topliss-reactive ketones (excluding diaryl/α,β-unsaturated/α-hetero) is 1. The third-order valence-electron chi connectivity index (χ3n) is 4.24. The van der Waals surface area contributed by atoms with Gasteiger partial charge in [0.05, 0.1) is 13.2 Å². The molecule has 29 heavy (non-hydrogen) atoms. The molecule has 8 heteroatoms. The summed E-state index contributed by atoms with van der Waals surface area (Å²) in [6.07, 6.45) is 4.94. The number of alkyl halides is 1. The molecule has 0 aromatic heterocycles. The number of benzene rings is 1. The Morgan fingerprint density at radius 3 is 2.38 bits per heavy atom. The molecule has 0 bridgehead atoms. The van der Waals surface area contributed by atoms with Crippen molar-refractivity contribution in [2.45, 2.75) is 12.6 Å². The number of nitrogens with zero attached hydrogens (tertiary/aromatic N) is 2. The van der Waals surface area contributed by atoms with Crippen molar-refractivity contribution in [2.75, 3.05) is 26.2 Å². The predicted octanol–water partition coefficient (Wildman–Crippen LogP) is 3.98. The fraction of sp³-hybridized carbons (Fsp3) is 0.238. The van der Waals surface area contributed by atoms with E-state index in [-0.39, 0.29) is 10.6 Å². The molecule has 3 rings (SSSR count). The summed E-state index contributed by atoms with van der Waals surface area (Å²) in [7, 11) is 4.42. The number of halogens is 3. The lowest BCUT2D eigenvalue weighted by molar-refractivity contribution is -0.134. The highest BCUT2D eigenvalue weighted by Crippen LogP contribution is 2.33. The van der Waals surface area contributed by atoms with E-state index in [0.717, 1.165) is 24.3 Å². The number of carboxylic acid groups (broad SMARTS) is 1. The standard InChI is InChI=1S/C20H18ClFN2O3.CH3F/c1-23(2)10-12-3-5-15(6-4-12)24-11-17(20(26)27)19(25)16-9-14(22)7-13(21)8-18(16)24;1-2/h3-9,11,18H,10H2,1-2H3,(H,26,27);1H3. The van der Waals surface area contributed by atoms with Gasteiger partial charge < -0.3 is 14.9 Å². The van der Waals surface area contributed by atoms with E-state index < -0.39 is 29.2 Å². The Morgan fingerprint density at radius 1 is 1.21 bits per heavy atom. The second-order valence-electron chi connectivity index (χ2n) is 6.61. The minimum atomic E-state index is -1.36. The van der Waals surface area contributed by atoms with Crippen molar-refractivity contribution in [1.82, 2.24) is 4.90 Å². The monoisotopic (exact) mass is 422 g/mol. The topological polar surface area (TPSA) is 60.9 Å². The van der Waals surface area contributed by atoms with Crippen molar-refractivity contribution in [3.05, 3.63) is 76.3 Å². The lowest BCUT2D eigenvalue weighted by Crippen LogP contribution is -2.40. The van der Waals surface area contributed by atoms with Crippen LogP contribution in [0.5, 0.6) is 0 Å². The third-order valence-corrected chi connectivity index (χ3v) is 4.48. The molecule has 0 radical (unpaired) electrons. The number of rotatable bonds is 4. The number of allylic oxidation sites excluding steroid dienone is 4. The van der Waals surface area contributed by atoms with Crippen molar-refractivity contribution in [2.24, 2.45) is 0 Å². The Balaban J connectivity index is 0.00000145. The van der Waals surface area contributed by atoms with Crippen LogP contribution in [0.25, 0.3) is 0 Å². The van der Waals surface area contributed by atoms with Crippen molar-refractivity contribution in [3.8, 4) is 0 Å². The van der Waals surface area contributed by atoms with Crippen LogP contribution in [-0.2, 0) is 16.1 Å². The number of aliphatic carboxylic acids is 1. The number of fused-ring (bicyclic) bond motifs is 1. The molecule has 1 aromatic carbocycles. The number of carbonyl (C=O) groups excluding carboxylic acids is 1. The molecule has 1 aromatic rings. The Morgan fingerprint density at radius 2 is 1.83 bits per heavy atom. The molecule has 0 spiro atoms. The number of anilines is 1. The van der Waals surface area contributed by atoms with E-state index >= 15 is 0 Å². The minimum Gasteiger partial charge on any atom is -0.477 e. The third kappa shape index (κ3) is 5.19. The minimum absolute atomic E-state index is 0.0247. The first kappa shape index (κ1) is 22.5. The maximum atomic E-state index is 14.0. The van der Waals surface area contributed by atoms with Gasteiger partial charge in [0.15, 0.2) is 5.78 Å². The number of ketones is 1. The van der Waals surface area contributed by atoms with Crippen LogP contribution < -0.4 is 4.90 Å². The first-order chi connectivity index (χ1) is 13.8. The number of hydrogen-bond donors (Lipinski definition) is 1. The zero-order valence-electron chi connectivity index (χ0n) is 16.2. The largest absolute Gasteiger partial charge is 0.477 e. The first-order valence-corrected chi connectivity index (χ1v) is 9.00. The molecule has 1 unspecified atom stereocenters. The van der Waals surface area contributed by atoms with Crippen LogP contribution in [0.15, 0.2) is 70.7 Å². The normalized spacial score (nSPS) is 18.5. The van der Waals surface area contributed by atoms with E-state index in [2.05, 4.69) is 0 Å². The van der Waals surface area contributed by atoms with Gasteiger partial charge in [-0.1, -0.05) is 23.7 Å². The zero-order chi connectivity index (χ0) is 21.7. The summed E-state index contributed by atoms with van der Waals surface area (Å²) in [5, 5.41) is 9.53. The lowest BCUT2D eigenvalue weighted by Gasteiger charge is -2.34. The van der Waals surface area contributed by atoms with Gasteiger partial charge in [0.2, 0.25) is 0 Å². The number of carboxylic acids is 1. The van der Waals surface area contributed by atoms with E-state index in [9.17, 15) is 23.5 Å². The highest BCUT2D eigenvalue weighted by atomic mass is 35.5. The van der Waals surface area contributed by atoms with Crippen LogP contribution in [0.4, 0.5) is 14.5 Å². The first-order valence-electron chi connectivity index (χ1n) is 8.62. The molecule has 1 N–H and O–H groups in total. The number of carbonyl (C=O) groups is 2. The molecule has 5 nitrogen and oxygen atoms in total. The second kappa shape index (κ2) is 9.62. The second-order valence-corrected chi connectivity index (χ2v) is 7.05. The van der Waals surface area contributed by atoms with E-state index in [1.165, 1.54) is 12.3 Å². The molecule has 2 aliphatic rings. The van der Waals surface area contributed by atoms with Crippen molar-refractivity contribution >= 4 is 29.0 Å². The van der Waals surface area contributed by atoms with E-state index in [1.54, 1.807) is 4.90 Å². The summed E-state index contributed by atoms with van der Waals surface area (Å²) >= 11 is 6.05. The van der Waals surface area contributed by atoms with E-state index in [1.807, 2.05) is 43.3 Å². The van der Waals surface area contributed by atoms with Gasteiger partial charge in [-0.05, 0) is 50.0 Å². The summed E-state index contributed by atoms with van der Waals surface area (Å²) in [6.45, 7) is 0.754. The quantitative estimate of drug-likeness (QED) is 0.744. The van der Waals surface area contributed by atoms with Gasteiger partial charge in [0.1, 0.15) is 11.4 Å². The number of hydrogen-bond acceptors (Lipinski definition) is 4. The molecule has 0 saturated heterocycles. The Bertz CT molecular complexity index is 918. The van der Waals surface area contributed by atoms with Gasteiger partial charge in [-0.3, -0.25) is 9.18 Å². The SMILES string of the molecule is CF.CN(C)Cc1ccc(N2C=C(C(=O)O)C(=O)C3=CC(F)=CC(Cl)=CC32)cc1. The molecule has 1 heterocycles. The fourth-order valence-corrected chi connectivity index (χ4v) is 3.31. The van der Waals surface area contributed by atoms with Crippen LogP contribution in [-0.4, -0.2) is 49.1 Å². The van der Waals surface area contributed by atoms with E-state index in [4.69, 9.17) is 11.6 Å². The lowest BCUT2D eigenvalue weighted by atomic mass is 9.91. The van der Waals surface area contributed by atoms with Crippen molar-refractivity contribution in [3.63, 3.8) is 0 Å². The molecule has 1 aliphatic carbocycles. The van der Waals surface area contributed by atoms with E-state index in [0.29, 0.717) is 12.9 Å². The van der Waals surface area contributed by atoms with Gasteiger partial charge in [-0.25, -0.2) is 9.18 Å². The Hall–Kier alpha value is -2.77. The predicted molar refractivity (Wildman–Crippen MR) is 109 cm³/mol. The van der Waals surface area contributed by atoms with Gasteiger partial charge in [0, 0.05) is 29.0 Å². The summed E-state index contributed by atoms with van der Waals surface area (Å²) < 4.78 is 23.5. The molecular formula is C21H21ClF2N2O3. The summed E-state index contributed by atoms with van der Waals surface area (Å²) in [5.74, 6) is -2.79. The van der Waals surface area contributed by atoms with Crippen molar-refractivity contribution < 1.29 is 23.5 Å². The van der Waals surface area contributed by atoms with Gasteiger partial charge in [-0.2, -0.15) is 0 Å². The van der Waals surface area contributed by atoms with Gasteiger partial charge in [-0.15, -0.1) is 0 Å². The summed E-state index contributed by atoms with van der Waals surface area (Å²) in [4.78, 5) is 27.7. The van der Waals surface area contributed by atoms with Gasteiger partial charge in [0.25, 0.3) is 0 Å². The molecule has 154 valence electrons. The maximum absolute atomic E-state index is 14.0. The molecule has 1 atom stereocenters. The highest BCUT2D eigenvalue weighted by molar-refractivity contribution is 6.32. The molecular weight excluding hydrogens is 402 g/mol. The summed E-state index contributed by atoms with van der Waals surface area (Å²) in [6, 6.07) is 6.81. The Labute approximate surface area is 172 Å². The molecule has 0 fully saturated rings. The Kier molecular flexibility index (Phi) is 7.47. The fourth-order valence-electron chi connectivity index (χ4n) is 3.09. The molecule has 1 aliphatic heterocycles. The smallest absolute Gasteiger partial charge is 0.341 e. The maximum Gasteiger partial charge on any atom is 0.341 e. The van der Waals surface area contributed by atoms with Crippen LogP contribution in [0.1, 0.15) is 5.56 Å². The summed E-state index contributed by atoms with van der Waals surface area (Å²) in [5.41, 5.74) is 1.35. The van der Waals surface area contributed by atoms with Crippen LogP contribution in [0.3, 0.4) is 0 Å². The average molecular weight is 423 g/mol. The van der Waals surface area contributed by atoms with Crippen LogP contribution >= 0.6 is 11.6 Å². The zero-order valence-corrected chi connectivity index (χ0v) is 17.0. The van der Waals surface area contributed by atoms with Crippen LogP contribution in [0, 0.1) is 0 Å². The molecule has 0 amide bonds. The van der Waals surface area contributed by atoms with Crippen LogP contribution in [0.2, 0.25) is 0 Å². The van der Waals surface area contributed by atoms with Crippen molar-refractivity contribution in [1.29, 1.82) is 0 Å². The van der Waals surface area contributed by atoms with Gasteiger partial charge >= 0.3 is 5.97 Å². The molecule has 0 saturated carbocycles.